The van der Waals surface area contributed by atoms with E-state index in [1.54, 1.807) is 0 Å². The monoisotopic (exact) mass is 270 g/mol. The van der Waals surface area contributed by atoms with Crippen LogP contribution in [0.25, 0.3) is 0 Å². The van der Waals surface area contributed by atoms with E-state index in [2.05, 4.69) is 28.0 Å². The summed E-state index contributed by atoms with van der Waals surface area (Å²) in [6, 6.07) is 0. The van der Waals surface area contributed by atoms with E-state index in [9.17, 15) is 9.59 Å². The lowest BCUT2D eigenvalue weighted by atomic mass is 9.97. The third-order valence-corrected chi connectivity index (χ3v) is 3.26. The zero-order valence-electron chi connectivity index (χ0n) is 12.0. The van der Waals surface area contributed by atoms with Crippen molar-refractivity contribution in [3.8, 4) is 0 Å². The fourth-order valence-corrected chi connectivity index (χ4v) is 2.38. The first-order valence-electron chi connectivity index (χ1n) is 7.10. The van der Waals surface area contributed by atoms with Crippen molar-refractivity contribution >= 4 is 11.8 Å². The Kier molecular flexibility index (Phi) is 7.43. The minimum Gasteiger partial charge on any atom is -0.317 e. The summed E-state index contributed by atoms with van der Waals surface area (Å²) < 4.78 is 0. The largest absolute Gasteiger partial charge is 0.317 e. The van der Waals surface area contributed by atoms with E-state index in [0.717, 1.165) is 32.6 Å². The second kappa shape index (κ2) is 8.87. The molecule has 0 bridgehead atoms. The Labute approximate surface area is 115 Å². The van der Waals surface area contributed by atoms with Crippen LogP contribution in [-0.4, -0.2) is 49.4 Å². The Hall–Kier alpha value is -1.14. The molecule has 6 nitrogen and oxygen atoms in total. The van der Waals surface area contributed by atoms with Gasteiger partial charge >= 0.3 is 0 Å². The fourth-order valence-electron chi connectivity index (χ4n) is 2.38. The van der Waals surface area contributed by atoms with E-state index in [4.69, 9.17) is 0 Å². The molecule has 0 spiro atoms. The molecule has 1 heterocycles. The van der Waals surface area contributed by atoms with Gasteiger partial charge in [0.1, 0.15) is 0 Å². The van der Waals surface area contributed by atoms with Crippen molar-refractivity contribution in [1.29, 1.82) is 0 Å². The Morgan fingerprint density at radius 2 is 1.95 bits per heavy atom. The number of carbonyl (C=O) groups is 2. The maximum Gasteiger partial charge on any atom is 0.252 e. The minimum absolute atomic E-state index is 0.155. The van der Waals surface area contributed by atoms with Crippen LogP contribution in [0.4, 0.5) is 0 Å². The van der Waals surface area contributed by atoms with Crippen LogP contribution >= 0.6 is 0 Å². The average molecular weight is 270 g/mol. The van der Waals surface area contributed by atoms with Gasteiger partial charge in [-0.25, -0.2) is 0 Å². The molecule has 0 aromatic carbocycles. The van der Waals surface area contributed by atoms with Gasteiger partial charge in [-0.1, -0.05) is 6.92 Å². The molecular weight excluding hydrogens is 244 g/mol. The number of rotatable bonds is 6. The highest BCUT2D eigenvalue weighted by molar-refractivity contribution is 5.81. The molecule has 0 radical (unpaired) electrons. The first-order chi connectivity index (χ1) is 9.11. The molecule has 3 N–H and O–H groups in total. The summed E-state index contributed by atoms with van der Waals surface area (Å²) in [6.07, 6.45) is 3.37. The zero-order valence-corrected chi connectivity index (χ0v) is 12.0. The molecule has 2 amide bonds. The van der Waals surface area contributed by atoms with Gasteiger partial charge in [-0.05, 0) is 44.8 Å². The predicted octanol–water partition coefficient (Wildman–Crippen LogP) is -0.135. The summed E-state index contributed by atoms with van der Waals surface area (Å²) in [5.41, 5.74) is 4.74. The smallest absolute Gasteiger partial charge is 0.252 e. The molecule has 0 aliphatic carbocycles. The van der Waals surface area contributed by atoms with Crippen molar-refractivity contribution in [3.63, 3.8) is 0 Å². The summed E-state index contributed by atoms with van der Waals surface area (Å²) in [6.45, 7) is 7.85. The van der Waals surface area contributed by atoms with Gasteiger partial charge in [0.05, 0.1) is 6.54 Å². The molecular formula is C13H26N4O2. The summed E-state index contributed by atoms with van der Waals surface area (Å²) in [7, 11) is 0. The SMILES string of the molecule is CCCN(CC(=O)NNC(C)=O)CC1CCNCC1. The highest BCUT2D eigenvalue weighted by atomic mass is 16.2. The molecule has 0 atom stereocenters. The van der Waals surface area contributed by atoms with E-state index in [1.165, 1.54) is 19.8 Å². The maximum atomic E-state index is 11.7. The summed E-state index contributed by atoms with van der Waals surface area (Å²) in [5.74, 6) is 0.257. The van der Waals surface area contributed by atoms with Gasteiger partial charge in [-0.2, -0.15) is 0 Å². The number of nitrogens with zero attached hydrogens (tertiary/aromatic N) is 1. The Balaban J connectivity index is 2.33. The minimum atomic E-state index is -0.256. The van der Waals surface area contributed by atoms with Crippen LogP contribution in [0, 0.1) is 5.92 Å². The second-order valence-electron chi connectivity index (χ2n) is 5.16. The molecule has 0 saturated carbocycles. The fraction of sp³-hybridized carbons (Fsp3) is 0.846. The number of hydrogen-bond donors (Lipinski definition) is 3. The third-order valence-electron chi connectivity index (χ3n) is 3.26. The van der Waals surface area contributed by atoms with Crippen molar-refractivity contribution in [2.75, 3.05) is 32.7 Å². The van der Waals surface area contributed by atoms with Gasteiger partial charge in [0.2, 0.25) is 5.91 Å². The first-order valence-corrected chi connectivity index (χ1v) is 7.10. The lowest BCUT2D eigenvalue weighted by Gasteiger charge is -2.29. The van der Waals surface area contributed by atoms with Gasteiger partial charge in [0.25, 0.3) is 5.91 Å². The second-order valence-corrected chi connectivity index (χ2v) is 5.16. The molecule has 1 aliphatic rings. The Morgan fingerprint density at radius 1 is 1.26 bits per heavy atom. The van der Waals surface area contributed by atoms with Crippen LogP contribution in [0.3, 0.4) is 0 Å². The highest BCUT2D eigenvalue weighted by Crippen LogP contribution is 2.13. The molecule has 0 aromatic rings. The Bertz CT molecular complexity index is 290. The van der Waals surface area contributed by atoms with E-state index in [1.807, 2.05) is 0 Å². The van der Waals surface area contributed by atoms with Crippen LogP contribution in [-0.2, 0) is 9.59 Å². The van der Waals surface area contributed by atoms with Crippen molar-refractivity contribution < 1.29 is 9.59 Å². The van der Waals surface area contributed by atoms with Crippen LogP contribution in [0.15, 0.2) is 0 Å². The maximum absolute atomic E-state index is 11.7. The van der Waals surface area contributed by atoms with Crippen LogP contribution < -0.4 is 16.2 Å². The number of nitrogens with one attached hydrogen (secondary N) is 3. The molecule has 0 unspecified atom stereocenters. The first kappa shape index (κ1) is 15.9. The summed E-state index contributed by atoms with van der Waals surface area (Å²) in [5, 5.41) is 3.35. The van der Waals surface area contributed by atoms with Crippen molar-refractivity contribution in [3.05, 3.63) is 0 Å². The molecule has 0 aromatic heterocycles. The standard InChI is InChI=1S/C13H26N4O2/c1-3-8-17(9-12-4-6-14-7-5-12)10-13(19)16-15-11(2)18/h12,14H,3-10H2,1-2H3,(H,15,18)(H,16,19). The lowest BCUT2D eigenvalue weighted by molar-refractivity contribution is -0.128. The van der Waals surface area contributed by atoms with Gasteiger partial charge in [0, 0.05) is 13.5 Å². The van der Waals surface area contributed by atoms with Crippen molar-refractivity contribution in [1.82, 2.24) is 21.1 Å². The summed E-state index contributed by atoms with van der Waals surface area (Å²) in [4.78, 5) is 24.6. The Morgan fingerprint density at radius 3 is 2.53 bits per heavy atom. The van der Waals surface area contributed by atoms with E-state index >= 15 is 0 Å². The van der Waals surface area contributed by atoms with Crippen molar-refractivity contribution in [2.24, 2.45) is 5.92 Å². The summed E-state index contributed by atoms with van der Waals surface area (Å²) >= 11 is 0. The van der Waals surface area contributed by atoms with E-state index in [0.29, 0.717) is 12.5 Å². The molecule has 1 aliphatic heterocycles. The number of carbonyl (C=O) groups excluding carboxylic acids is 2. The quantitative estimate of drug-likeness (QED) is 0.588. The van der Waals surface area contributed by atoms with Crippen LogP contribution in [0.2, 0.25) is 0 Å². The average Bonchev–Trinajstić information content (AvgIpc) is 2.38. The van der Waals surface area contributed by atoms with E-state index < -0.39 is 0 Å². The molecule has 1 rings (SSSR count). The van der Waals surface area contributed by atoms with Crippen molar-refractivity contribution in [2.45, 2.75) is 33.1 Å². The third kappa shape index (κ3) is 7.12. The number of hydrazine groups is 1. The molecule has 1 fully saturated rings. The van der Waals surface area contributed by atoms with Crippen LogP contribution in [0.5, 0.6) is 0 Å². The van der Waals surface area contributed by atoms with E-state index in [-0.39, 0.29) is 11.8 Å². The molecule has 110 valence electrons. The molecule has 19 heavy (non-hydrogen) atoms. The molecule has 6 heteroatoms. The normalized spacial score (nSPS) is 16.4. The van der Waals surface area contributed by atoms with Gasteiger partial charge in [0.15, 0.2) is 0 Å². The highest BCUT2D eigenvalue weighted by Gasteiger charge is 2.18. The zero-order chi connectivity index (χ0) is 14.1. The van der Waals surface area contributed by atoms with Gasteiger partial charge in [-0.15, -0.1) is 0 Å². The number of amides is 2. The topological polar surface area (TPSA) is 73.5 Å². The predicted molar refractivity (Wildman–Crippen MR) is 74.3 cm³/mol. The van der Waals surface area contributed by atoms with Crippen LogP contribution in [0.1, 0.15) is 33.1 Å². The molecule has 1 saturated heterocycles. The number of piperidine rings is 1. The van der Waals surface area contributed by atoms with Gasteiger partial charge < -0.3 is 5.32 Å². The number of hydrogen-bond acceptors (Lipinski definition) is 4. The van der Waals surface area contributed by atoms with Gasteiger partial charge in [-0.3, -0.25) is 25.3 Å². The lowest BCUT2D eigenvalue weighted by Crippen LogP contribution is -2.47.